The number of halogens is 1. The Hall–Kier alpha value is -2.21. The summed E-state index contributed by atoms with van der Waals surface area (Å²) in [6, 6.07) is 5.01. The Labute approximate surface area is 282 Å². The summed E-state index contributed by atoms with van der Waals surface area (Å²) in [6.45, 7) is 17.9. The van der Waals surface area contributed by atoms with Crippen LogP contribution in [-0.4, -0.2) is 80.9 Å². The molecule has 2 aliphatic heterocycles. The molecule has 0 aliphatic carbocycles. The van der Waals surface area contributed by atoms with Crippen LogP contribution in [0.1, 0.15) is 71.1 Å². The van der Waals surface area contributed by atoms with Gasteiger partial charge in [-0.3, -0.25) is 4.57 Å². The molecule has 0 N–H and O–H groups in total. The van der Waals surface area contributed by atoms with Crippen molar-refractivity contribution in [1.82, 2.24) is 19.5 Å². The van der Waals surface area contributed by atoms with Crippen LogP contribution in [0.15, 0.2) is 30.9 Å². The summed E-state index contributed by atoms with van der Waals surface area (Å²) < 4.78 is 41.2. The maximum atomic E-state index is 14.0. The highest BCUT2D eigenvalue weighted by atomic mass is 35.5. The third-order valence-corrected chi connectivity index (χ3v) is 21.1. The van der Waals surface area contributed by atoms with Crippen molar-refractivity contribution in [1.29, 1.82) is 0 Å². The van der Waals surface area contributed by atoms with Crippen molar-refractivity contribution in [2.45, 2.75) is 100 Å². The monoisotopic (exact) mass is 708 g/mol. The molecule has 0 spiro atoms. The average molecular weight is 709 g/mol. The lowest BCUT2D eigenvalue weighted by molar-refractivity contribution is -0.0322. The molecule has 252 valence electrons. The minimum absolute atomic E-state index is 0.0990. The summed E-state index contributed by atoms with van der Waals surface area (Å²) in [6.07, 6.45) is 1.78. The Kier molecular flexibility index (Phi) is 10.5. The van der Waals surface area contributed by atoms with Crippen molar-refractivity contribution < 1.29 is 32.0 Å². The molecule has 11 nitrogen and oxygen atoms in total. The zero-order valence-corrected chi connectivity index (χ0v) is 31.7. The Balaban J connectivity index is 1.64. The molecule has 2 aliphatic rings. The number of carbonyl (C=O) groups is 1. The van der Waals surface area contributed by atoms with Crippen LogP contribution in [0.2, 0.25) is 27.3 Å². The number of hydrogen-bond acceptors (Lipinski definition) is 11. The normalized spacial score (nSPS) is 24.3. The van der Waals surface area contributed by atoms with Gasteiger partial charge in [-0.05, 0) is 34.3 Å². The van der Waals surface area contributed by atoms with Crippen LogP contribution in [0.25, 0.3) is 11.2 Å². The van der Waals surface area contributed by atoms with Crippen LogP contribution >= 0.6 is 23.4 Å². The Morgan fingerprint density at radius 2 is 1.65 bits per heavy atom. The van der Waals surface area contributed by atoms with Crippen LogP contribution in [0.3, 0.4) is 0 Å². The minimum Gasteiger partial charge on any atom is -0.497 e. The maximum absolute atomic E-state index is 14.0. The van der Waals surface area contributed by atoms with Crippen molar-refractivity contribution in [2.24, 2.45) is 0 Å². The van der Waals surface area contributed by atoms with Gasteiger partial charge in [0.2, 0.25) is 0 Å². The Bertz CT molecular complexity index is 1540. The highest BCUT2D eigenvalue weighted by Gasteiger charge is 2.62. The number of esters is 1. The van der Waals surface area contributed by atoms with Gasteiger partial charge in [0.05, 0.1) is 32.4 Å². The molecule has 0 radical (unpaired) electrons. The smallest absolute Gasteiger partial charge is 0.342 e. The van der Waals surface area contributed by atoms with Gasteiger partial charge in [-0.2, -0.15) is 0 Å². The highest BCUT2D eigenvalue weighted by Crippen LogP contribution is 2.53. The number of imidazole rings is 1. The van der Waals surface area contributed by atoms with Gasteiger partial charge in [-0.1, -0.05) is 67.0 Å². The number of rotatable bonds is 9. The van der Waals surface area contributed by atoms with Gasteiger partial charge < -0.3 is 27.2 Å². The second-order valence-electron chi connectivity index (χ2n) is 13.0. The third kappa shape index (κ3) is 6.10. The second kappa shape index (κ2) is 13.7. The fraction of sp³-hybridized carbons (Fsp3) is 0.613. The first-order valence-electron chi connectivity index (χ1n) is 15.7. The van der Waals surface area contributed by atoms with E-state index in [9.17, 15) is 4.79 Å². The van der Waals surface area contributed by atoms with E-state index in [-0.39, 0.29) is 38.1 Å². The first kappa shape index (κ1) is 35.1. The van der Waals surface area contributed by atoms with E-state index in [4.69, 9.17) is 38.8 Å². The van der Waals surface area contributed by atoms with Crippen molar-refractivity contribution in [2.75, 3.05) is 20.8 Å². The molecule has 0 bridgehead atoms. The molecule has 0 unspecified atom stereocenters. The largest absolute Gasteiger partial charge is 0.497 e. The van der Waals surface area contributed by atoms with Gasteiger partial charge in [0.25, 0.3) is 0 Å². The number of fused-ring (bicyclic) bond motifs is 2. The molecule has 2 fully saturated rings. The predicted octanol–water partition coefficient (Wildman–Crippen LogP) is 7.29. The molecule has 2 saturated heterocycles. The number of nitrogens with zero attached hydrogens (tertiary/aromatic N) is 4. The lowest BCUT2D eigenvalue weighted by Crippen LogP contribution is -2.65. The zero-order valence-electron chi connectivity index (χ0n) is 28.1. The number of methoxy groups -OCH3 is 2. The standard InChI is InChI=1S/C31H45ClN4O7SSi2/c1-17(2)45(18(3)4)40-14-24-26(42-46(43-45,19(5)6)20(7)8)27(41-31(37)22-12-11-21(38-9)13-23(22)39-10)30(44-24)36-16-35-25-28(32)33-15-34-29(25)36/h11-13,15-20,24,26-27,30H,14H2,1-10H3/t24-,26-,27-,30-/m1/s1. The first-order valence-corrected chi connectivity index (χ1v) is 21.0. The summed E-state index contributed by atoms with van der Waals surface area (Å²) in [7, 11) is -2.74. The summed E-state index contributed by atoms with van der Waals surface area (Å²) in [5, 5.41) is -0.382. The van der Waals surface area contributed by atoms with Crippen LogP contribution < -0.4 is 9.47 Å². The topological polar surface area (TPSA) is 116 Å². The van der Waals surface area contributed by atoms with E-state index >= 15 is 0 Å². The van der Waals surface area contributed by atoms with E-state index in [1.54, 1.807) is 43.4 Å². The number of ether oxygens (including phenoxy) is 3. The van der Waals surface area contributed by atoms with Crippen LogP contribution in [0.5, 0.6) is 11.5 Å². The molecule has 0 saturated carbocycles. The molecule has 5 rings (SSSR count). The number of thioether (sulfide) groups is 1. The molecule has 4 atom stereocenters. The number of aromatic nitrogens is 4. The number of carbonyl (C=O) groups excluding carboxylic acids is 1. The molecule has 46 heavy (non-hydrogen) atoms. The molecule has 3 aromatic rings. The van der Waals surface area contributed by atoms with E-state index in [1.165, 1.54) is 13.4 Å². The fourth-order valence-corrected chi connectivity index (χ4v) is 19.8. The second-order valence-corrected chi connectivity index (χ2v) is 23.6. The van der Waals surface area contributed by atoms with Gasteiger partial charge in [0.15, 0.2) is 16.9 Å². The van der Waals surface area contributed by atoms with Gasteiger partial charge in [0, 0.05) is 6.07 Å². The van der Waals surface area contributed by atoms with E-state index in [0.717, 1.165) is 0 Å². The maximum Gasteiger partial charge on any atom is 0.342 e. The van der Waals surface area contributed by atoms with E-state index < -0.39 is 40.7 Å². The van der Waals surface area contributed by atoms with Gasteiger partial charge >= 0.3 is 23.1 Å². The van der Waals surface area contributed by atoms with Crippen LogP contribution in [0, 0.1) is 0 Å². The Morgan fingerprint density at radius 1 is 0.978 bits per heavy atom. The number of hydrogen-bond donors (Lipinski definition) is 0. The SMILES string of the molecule is COc1ccc(C(=O)O[C@@H]2[C@@H]3O[Si](C(C)C)(C(C)C)O[Si](C(C)C)(C(C)C)OC[C@H]3S[C@H]2n2cnc3c(Cl)ncnc32)c(OC)c1. The van der Waals surface area contributed by atoms with Crippen molar-refractivity contribution >= 4 is 57.6 Å². The molecule has 4 heterocycles. The van der Waals surface area contributed by atoms with E-state index in [2.05, 4.69) is 70.3 Å². The van der Waals surface area contributed by atoms with Crippen LogP contribution in [-0.2, 0) is 17.7 Å². The van der Waals surface area contributed by atoms with E-state index in [0.29, 0.717) is 29.3 Å². The highest BCUT2D eigenvalue weighted by molar-refractivity contribution is 8.00. The summed E-state index contributed by atoms with van der Waals surface area (Å²) in [5.41, 5.74) is 1.88. The average Bonchev–Trinajstić information content (AvgIpc) is 3.57. The predicted molar refractivity (Wildman–Crippen MR) is 183 cm³/mol. The molecule has 15 heteroatoms. The van der Waals surface area contributed by atoms with Crippen molar-refractivity contribution in [3.8, 4) is 11.5 Å². The third-order valence-electron chi connectivity index (χ3n) is 9.08. The quantitative estimate of drug-likeness (QED) is 0.127. The molecular weight excluding hydrogens is 664 g/mol. The zero-order chi connectivity index (χ0) is 33.6. The fourth-order valence-electron chi connectivity index (χ4n) is 6.64. The molecule has 0 amide bonds. The summed E-state index contributed by atoms with van der Waals surface area (Å²) >= 11 is 8.04. The minimum atomic E-state index is -3.03. The molecule has 1 aromatic carbocycles. The van der Waals surface area contributed by atoms with Crippen molar-refractivity contribution in [3.05, 3.63) is 41.6 Å². The van der Waals surface area contributed by atoms with Gasteiger partial charge in [-0.15, -0.1) is 11.8 Å². The summed E-state index contributed by atoms with van der Waals surface area (Å²) in [4.78, 5) is 27.2. The number of benzene rings is 1. The van der Waals surface area contributed by atoms with Crippen LogP contribution in [0.4, 0.5) is 0 Å². The van der Waals surface area contributed by atoms with Gasteiger partial charge in [0.1, 0.15) is 40.4 Å². The molecular formula is C31H45ClN4O7SSi2. The van der Waals surface area contributed by atoms with Gasteiger partial charge in [-0.25, -0.2) is 19.7 Å². The first-order chi connectivity index (χ1) is 21.8. The van der Waals surface area contributed by atoms with E-state index in [1.807, 2.05) is 4.57 Å². The lowest BCUT2D eigenvalue weighted by Gasteiger charge is -2.51. The van der Waals surface area contributed by atoms with Crippen molar-refractivity contribution in [3.63, 3.8) is 0 Å². The molecule has 2 aromatic heterocycles. The summed E-state index contributed by atoms with van der Waals surface area (Å²) in [5.74, 6) is 0.364. The Morgan fingerprint density at radius 3 is 2.26 bits per heavy atom. The lowest BCUT2D eigenvalue weighted by atomic mass is 10.1.